The maximum Gasteiger partial charge on any atom is 0.172 e. The molecule has 6 heteroatoms. The minimum atomic E-state index is -0.0178. The zero-order valence-electron chi connectivity index (χ0n) is 16.7. The van der Waals surface area contributed by atoms with Crippen molar-refractivity contribution in [3.8, 4) is 28.4 Å². The molecule has 0 saturated heterocycles. The van der Waals surface area contributed by atoms with Crippen molar-refractivity contribution >= 4 is 27.3 Å². The summed E-state index contributed by atoms with van der Waals surface area (Å²) in [5, 5.41) is 3.93. The third kappa shape index (κ3) is 6.00. The lowest BCUT2D eigenvalue weighted by molar-refractivity contribution is 0.00831. The van der Waals surface area contributed by atoms with Crippen LogP contribution in [-0.2, 0) is 4.74 Å². The molecule has 30 heavy (non-hydrogen) atoms. The first-order valence-electron chi connectivity index (χ1n) is 10.2. The Morgan fingerprint density at radius 3 is 2.37 bits per heavy atom. The predicted octanol–water partition coefficient (Wildman–Crippen LogP) is 6.58. The van der Waals surface area contributed by atoms with Crippen LogP contribution in [0, 0.1) is 0 Å². The maximum atomic E-state index is 5.86. The molecule has 2 aromatic carbocycles. The summed E-state index contributed by atoms with van der Waals surface area (Å²) in [5.41, 5.74) is 2.39. The Balaban J connectivity index is 1.06. The number of unbranched alkanes of at least 4 members (excludes halogenated alkanes) is 2. The molecule has 1 aliphatic heterocycles. The van der Waals surface area contributed by atoms with Crippen LogP contribution < -0.4 is 14.2 Å². The Morgan fingerprint density at radius 2 is 1.57 bits per heavy atom. The summed E-state index contributed by atoms with van der Waals surface area (Å²) in [5.74, 6) is 2.59. The van der Waals surface area contributed by atoms with E-state index in [-0.39, 0.29) is 6.10 Å². The molecule has 0 bridgehead atoms. The Bertz CT molecular complexity index is 908. The van der Waals surface area contributed by atoms with Crippen molar-refractivity contribution in [2.24, 2.45) is 0 Å². The predicted molar refractivity (Wildman–Crippen MR) is 124 cm³/mol. The van der Waals surface area contributed by atoms with Crippen molar-refractivity contribution in [2.45, 2.75) is 25.4 Å². The van der Waals surface area contributed by atoms with Gasteiger partial charge in [-0.05, 0) is 54.7 Å². The summed E-state index contributed by atoms with van der Waals surface area (Å²) >= 11 is 5.06. The van der Waals surface area contributed by atoms with E-state index in [1.807, 2.05) is 22.9 Å². The van der Waals surface area contributed by atoms with E-state index in [2.05, 4.69) is 52.3 Å². The molecule has 0 amide bonds. The Labute approximate surface area is 189 Å². The number of rotatable bonds is 10. The number of benzene rings is 2. The van der Waals surface area contributed by atoms with Crippen LogP contribution in [0.4, 0.5) is 0 Å². The van der Waals surface area contributed by atoms with E-state index >= 15 is 0 Å². The molecule has 0 saturated carbocycles. The number of hydrogen-bond acceptors (Lipinski definition) is 5. The van der Waals surface area contributed by atoms with Crippen molar-refractivity contribution in [1.82, 2.24) is 0 Å². The molecular weight excluding hydrogens is 464 g/mol. The second-order valence-corrected chi connectivity index (χ2v) is 8.83. The summed E-state index contributed by atoms with van der Waals surface area (Å²) < 4.78 is 24.2. The van der Waals surface area contributed by atoms with Gasteiger partial charge in [-0.1, -0.05) is 40.2 Å². The van der Waals surface area contributed by atoms with Gasteiger partial charge < -0.3 is 18.9 Å². The van der Waals surface area contributed by atoms with Crippen LogP contribution in [0.2, 0.25) is 0 Å². The highest BCUT2D eigenvalue weighted by Crippen LogP contribution is 2.35. The van der Waals surface area contributed by atoms with Crippen LogP contribution in [-0.4, -0.2) is 32.5 Å². The van der Waals surface area contributed by atoms with Crippen molar-refractivity contribution in [3.05, 3.63) is 63.8 Å². The van der Waals surface area contributed by atoms with Gasteiger partial charge in [-0.2, -0.15) is 0 Å². The van der Waals surface area contributed by atoms with Gasteiger partial charge in [0, 0.05) is 21.8 Å². The molecule has 1 aromatic heterocycles. The van der Waals surface area contributed by atoms with Crippen LogP contribution in [0.1, 0.15) is 19.3 Å². The molecule has 0 radical (unpaired) electrons. The largest absolute Gasteiger partial charge is 0.494 e. The van der Waals surface area contributed by atoms with Crippen LogP contribution in [0.25, 0.3) is 11.1 Å². The average molecular weight is 489 g/mol. The summed E-state index contributed by atoms with van der Waals surface area (Å²) in [4.78, 5) is 0. The molecule has 0 fully saturated rings. The average Bonchev–Trinajstić information content (AvgIpc) is 3.24. The zero-order valence-corrected chi connectivity index (χ0v) is 19.1. The van der Waals surface area contributed by atoms with Crippen LogP contribution >= 0.6 is 27.3 Å². The topological polar surface area (TPSA) is 36.9 Å². The first kappa shape index (κ1) is 21.2. The minimum Gasteiger partial charge on any atom is -0.494 e. The number of halogens is 1. The number of fused-ring (bicyclic) bond motifs is 1. The van der Waals surface area contributed by atoms with Gasteiger partial charge in [-0.15, -0.1) is 11.3 Å². The third-order valence-corrected chi connectivity index (χ3v) is 6.08. The Hall–Kier alpha value is -2.02. The van der Waals surface area contributed by atoms with E-state index in [0.717, 1.165) is 54.2 Å². The normalized spacial score (nSPS) is 15.2. The van der Waals surface area contributed by atoms with Crippen molar-refractivity contribution in [2.75, 3.05) is 26.4 Å². The monoisotopic (exact) mass is 488 g/mol. The third-order valence-electron chi connectivity index (χ3n) is 4.85. The molecule has 1 aliphatic rings. The van der Waals surface area contributed by atoms with Gasteiger partial charge in [0.05, 0.1) is 13.2 Å². The fourth-order valence-electron chi connectivity index (χ4n) is 3.22. The quantitative estimate of drug-likeness (QED) is 0.302. The standard InChI is InChI=1S/C24H25BrO4S/c25-20-8-4-18(5-9-20)19-6-10-21(11-7-19)27-13-3-1-2-12-26-14-22-15-28-23-16-30-17-24(23)29-22/h4-11,16-17,22H,1-3,12-15H2. The Kier molecular flexibility index (Phi) is 7.67. The van der Waals surface area contributed by atoms with Gasteiger partial charge in [-0.3, -0.25) is 0 Å². The zero-order chi connectivity index (χ0) is 20.6. The number of ether oxygens (including phenoxy) is 4. The van der Waals surface area contributed by atoms with Crippen molar-refractivity contribution in [1.29, 1.82) is 0 Å². The molecule has 0 N–H and O–H groups in total. The molecule has 4 nitrogen and oxygen atoms in total. The molecule has 0 spiro atoms. The summed E-state index contributed by atoms with van der Waals surface area (Å²) in [6.45, 7) is 2.57. The number of thiophene rings is 1. The molecule has 1 unspecified atom stereocenters. The van der Waals surface area contributed by atoms with E-state index in [0.29, 0.717) is 13.2 Å². The second-order valence-electron chi connectivity index (χ2n) is 7.17. The van der Waals surface area contributed by atoms with E-state index in [4.69, 9.17) is 18.9 Å². The maximum absolute atomic E-state index is 5.86. The SMILES string of the molecule is Brc1ccc(-c2ccc(OCCCCCOCC3COc4cscc4O3)cc2)cc1. The van der Waals surface area contributed by atoms with Gasteiger partial charge in [-0.25, -0.2) is 0 Å². The Morgan fingerprint density at radius 1 is 0.867 bits per heavy atom. The van der Waals surface area contributed by atoms with Gasteiger partial charge in [0.1, 0.15) is 12.4 Å². The smallest absolute Gasteiger partial charge is 0.172 e. The molecule has 3 aromatic rings. The van der Waals surface area contributed by atoms with E-state index in [1.165, 1.54) is 11.1 Å². The molecule has 1 atom stereocenters. The summed E-state index contributed by atoms with van der Waals surface area (Å²) in [6, 6.07) is 16.6. The fourth-order valence-corrected chi connectivity index (χ4v) is 4.15. The first-order valence-corrected chi connectivity index (χ1v) is 11.9. The van der Waals surface area contributed by atoms with Crippen LogP contribution in [0.3, 0.4) is 0 Å². The highest BCUT2D eigenvalue weighted by molar-refractivity contribution is 9.10. The molecule has 0 aliphatic carbocycles. The van der Waals surface area contributed by atoms with Crippen LogP contribution in [0.5, 0.6) is 17.2 Å². The molecular formula is C24H25BrO4S. The lowest BCUT2D eigenvalue weighted by Gasteiger charge is -2.24. The minimum absolute atomic E-state index is 0.0178. The van der Waals surface area contributed by atoms with Gasteiger partial charge in [0.2, 0.25) is 0 Å². The lowest BCUT2D eigenvalue weighted by Crippen LogP contribution is -2.33. The van der Waals surface area contributed by atoms with Gasteiger partial charge in [0.25, 0.3) is 0 Å². The van der Waals surface area contributed by atoms with E-state index < -0.39 is 0 Å². The molecule has 2 heterocycles. The first-order chi connectivity index (χ1) is 14.8. The van der Waals surface area contributed by atoms with Crippen molar-refractivity contribution in [3.63, 3.8) is 0 Å². The highest BCUT2D eigenvalue weighted by Gasteiger charge is 2.21. The number of hydrogen-bond donors (Lipinski definition) is 0. The van der Waals surface area contributed by atoms with Crippen molar-refractivity contribution < 1.29 is 18.9 Å². The molecule has 4 rings (SSSR count). The fraction of sp³-hybridized carbons (Fsp3) is 0.333. The van der Waals surface area contributed by atoms with E-state index in [1.54, 1.807) is 11.3 Å². The van der Waals surface area contributed by atoms with Gasteiger partial charge >= 0.3 is 0 Å². The molecule has 158 valence electrons. The second kappa shape index (κ2) is 10.8. The summed E-state index contributed by atoms with van der Waals surface area (Å²) in [6.07, 6.45) is 3.09. The van der Waals surface area contributed by atoms with Gasteiger partial charge in [0.15, 0.2) is 17.6 Å². The lowest BCUT2D eigenvalue weighted by atomic mass is 10.1. The van der Waals surface area contributed by atoms with E-state index in [9.17, 15) is 0 Å². The van der Waals surface area contributed by atoms with Crippen LogP contribution in [0.15, 0.2) is 63.8 Å². The summed E-state index contributed by atoms with van der Waals surface area (Å²) in [7, 11) is 0. The highest BCUT2D eigenvalue weighted by atomic mass is 79.9.